The Hall–Kier alpha value is -1.04. The summed E-state index contributed by atoms with van der Waals surface area (Å²) in [5, 5.41) is 13.7. The average Bonchev–Trinajstić information content (AvgIpc) is 2.64. The molecule has 0 heterocycles. The maximum absolute atomic E-state index is 9.31. The lowest BCUT2D eigenvalue weighted by Crippen LogP contribution is -2.36. The van der Waals surface area contributed by atoms with Gasteiger partial charge in [0.25, 0.3) is 0 Å². The Labute approximate surface area is 120 Å². The molecule has 3 heteroatoms. The second kappa shape index (κ2) is 6.93. The Morgan fingerprint density at radius 3 is 2.74 bits per heavy atom. The first-order valence-electron chi connectivity index (χ1n) is 7.12. The molecule has 1 aromatic carbocycles. The van der Waals surface area contributed by atoms with E-state index in [2.05, 4.69) is 24.4 Å². The summed E-state index contributed by atoms with van der Waals surface area (Å²) in [5.74, 6) is 0.132. The molecule has 3 unspecified atom stereocenters. The lowest BCUT2D eigenvalue weighted by atomic mass is 9.94. The molecule has 0 aromatic heterocycles. The van der Waals surface area contributed by atoms with Gasteiger partial charge in [-0.3, -0.25) is 0 Å². The van der Waals surface area contributed by atoms with Crippen molar-refractivity contribution in [1.82, 2.24) is 5.32 Å². The van der Waals surface area contributed by atoms with Crippen LogP contribution in [0.4, 0.5) is 0 Å². The third-order valence-corrected chi connectivity index (χ3v) is 4.36. The van der Waals surface area contributed by atoms with Crippen molar-refractivity contribution in [3.8, 4) is 6.07 Å². The molecule has 0 aliphatic heterocycles. The number of nitrogens with zero attached hydrogens (tertiary/aromatic N) is 1. The van der Waals surface area contributed by atoms with Crippen molar-refractivity contribution in [3.05, 3.63) is 34.9 Å². The van der Waals surface area contributed by atoms with Crippen LogP contribution in [-0.4, -0.2) is 6.04 Å². The molecule has 2 nitrogen and oxygen atoms in total. The van der Waals surface area contributed by atoms with Crippen LogP contribution in [0.5, 0.6) is 0 Å². The molecule has 3 atom stereocenters. The van der Waals surface area contributed by atoms with E-state index in [4.69, 9.17) is 11.6 Å². The van der Waals surface area contributed by atoms with Crippen LogP contribution in [-0.2, 0) is 0 Å². The normalized spacial score (nSPS) is 25.3. The minimum absolute atomic E-state index is 0.132. The summed E-state index contributed by atoms with van der Waals surface area (Å²) >= 11 is 6.23. The Balaban J connectivity index is 2.06. The number of nitriles is 1. The minimum Gasteiger partial charge on any atom is -0.306 e. The summed E-state index contributed by atoms with van der Waals surface area (Å²) in [6.45, 7) is 2.13. The highest BCUT2D eigenvalue weighted by Gasteiger charge is 2.25. The molecule has 0 bridgehead atoms. The molecule has 1 aliphatic carbocycles. The molecule has 0 spiro atoms. The minimum atomic E-state index is 0.132. The van der Waals surface area contributed by atoms with Gasteiger partial charge in [-0.15, -0.1) is 0 Å². The van der Waals surface area contributed by atoms with Gasteiger partial charge in [-0.25, -0.2) is 0 Å². The Kier molecular flexibility index (Phi) is 5.24. The molecule has 0 saturated heterocycles. The fourth-order valence-corrected chi connectivity index (χ4v) is 3.20. The van der Waals surface area contributed by atoms with Crippen molar-refractivity contribution in [1.29, 1.82) is 5.26 Å². The highest BCUT2D eigenvalue weighted by molar-refractivity contribution is 6.31. The predicted molar refractivity (Wildman–Crippen MR) is 79.0 cm³/mol. The molecule has 1 fully saturated rings. The van der Waals surface area contributed by atoms with Gasteiger partial charge in [-0.2, -0.15) is 5.26 Å². The van der Waals surface area contributed by atoms with Crippen LogP contribution < -0.4 is 5.32 Å². The number of hydrogen-bond donors (Lipinski definition) is 1. The van der Waals surface area contributed by atoms with Crippen molar-refractivity contribution in [2.75, 3.05) is 0 Å². The predicted octanol–water partition coefficient (Wildman–Crippen LogP) is 4.46. The molecule has 1 aliphatic rings. The summed E-state index contributed by atoms with van der Waals surface area (Å²) in [7, 11) is 0. The molecule has 2 rings (SSSR count). The fraction of sp³-hybridized carbons (Fsp3) is 0.562. The molecule has 0 amide bonds. The molecule has 1 N–H and O–H groups in total. The van der Waals surface area contributed by atoms with E-state index in [1.807, 2.05) is 18.2 Å². The van der Waals surface area contributed by atoms with E-state index in [0.717, 1.165) is 23.4 Å². The van der Waals surface area contributed by atoms with Crippen LogP contribution in [0, 0.1) is 17.2 Å². The van der Waals surface area contributed by atoms with E-state index in [-0.39, 0.29) is 12.0 Å². The van der Waals surface area contributed by atoms with Gasteiger partial charge >= 0.3 is 0 Å². The zero-order valence-corrected chi connectivity index (χ0v) is 12.2. The average molecular weight is 277 g/mol. The monoisotopic (exact) mass is 276 g/mol. The maximum Gasteiger partial charge on any atom is 0.0672 e. The van der Waals surface area contributed by atoms with Crippen LogP contribution in [0.15, 0.2) is 24.3 Å². The van der Waals surface area contributed by atoms with Crippen molar-refractivity contribution in [2.45, 2.75) is 51.1 Å². The molecule has 1 aromatic rings. The summed E-state index contributed by atoms with van der Waals surface area (Å²) in [4.78, 5) is 0. The standard InChI is InChI=1S/C16H21ClN2/c1-12(14-8-5-6-9-15(14)17)19-16-10-4-2-3-7-13(16)11-18/h5-6,8-9,12-13,16,19H,2-4,7,10H2,1H3. The number of halogens is 1. The Bertz CT molecular complexity index is 452. The second-order valence-corrected chi connectivity index (χ2v) is 5.80. The van der Waals surface area contributed by atoms with Crippen molar-refractivity contribution in [3.63, 3.8) is 0 Å². The molecular weight excluding hydrogens is 256 g/mol. The largest absolute Gasteiger partial charge is 0.306 e. The van der Waals surface area contributed by atoms with E-state index >= 15 is 0 Å². The van der Waals surface area contributed by atoms with Gasteiger partial charge in [-0.05, 0) is 31.4 Å². The van der Waals surface area contributed by atoms with E-state index in [1.165, 1.54) is 19.3 Å². The van der Waals surface area contributed by atoms with Gasteiger partial charge in [0.2, 0.25) is 0 Å². The molecular formula is C16H21ClN2. The lowest BCUT2D eigenvalue weighted by molar-refractivity contribution is 0.361. The zero-order valence-electron chi connectivity index (χ0n) is 11.4. The van der Waals surface area contributed by atoms with Crippen LogP contribution in [0.25, 0.3) is 0 Å². The van der Waals surface area contributed by atoms with Crippen LogP contribution in [0.3, 0.4) is 0 Å². The van der Waals surface area contributed by atoms with E-state index in [1.54, 1.807) is 0 Å². The first-order chi connectivity index (χ1) is 9.22. The summed E-state index contributed by atoms with van der Waals surface area (Å²) < 4.78 is 0. The smallest absolute Gasteiger partial charge is 0.0672 e. The maximum atomic E-state index is 9.31. The van der Waals surface area contributed by atoms with Crippen LogP contribution in [0.1, 0.15) is 50.6 Å². The van der Waals surface area contributed by atoms with Crippen LogP contribution in [0.2, 0.25) is 5.02 Å². The zero-order chi connectivity index (χ0) is 13.7. The topological polar surface area (TPSA) is 35.8 Å². The summed E-state index contributed by atoms with van der Waals surface area (Å²) in [5.41, 5.74) is 1.12. The van der Waals surface area contributed by atoms with Crippen LogP contribution >= 0.6 is 11.6 Å². The number of nitrogens with one attached hydrogen (secondary N) is 1. The number of hydrogen-bond acceptors (Lipinski definition) is 2. The first kappa shape index (κ1) is 14.4. The lowest BCUT2D eigenvalue weighted by Gasteiger charge is -2.26. The van der Waals surface area contributed by atoms with E-state index in [9.17, 15) is 5.26 Å². The van der Waals surface area contributed by atoms with E-state index < -0.39 is 0 Å². The highest BCUT2D eigenvalue weighted by atomic mass is 35.5. The third kappa shape index (κ3) is 3.72. The van der Waals surface area contributed by atoms with Crippen molar-refractivity contribution < 1.29 is 0 Å². The molecule has 102 valence electrons. The summed E-state index contributed by atoms with van der Waals surface area (Å²) in [6, 6.07) is 10.9. The van der Waals surface area contributed by atoms with Gasteiger partial charge in [0.05, 0.1) is 12.0 Å². The summed E-state index contributed by atoms with van der Waals surface area (Å²) in [6.07, 6.45) is 5.75. The van der Waals surface area contributed by atoms with Gasteiger partial charge < -0.3 is 5.32 Å². The van der Waals surface area contributed by atoms with Crippen molar-refractivity contribution in [2.24, 2.45) is 5.92 Å². The Morgan fingerprint density at radius 2 is 2.00 bits per heavy atom. The molecule has 1 saturated carbocycles. The third-order valence-electron chi connectivity index (χ3n) is 4.02. The second-order valence-electron chi connectivity index (χ2n) is 5.39. The van der Waals surface area contributed by atoms with Gasteiger partial charge in [-0.1, -0.05) is 49.1 Å². The SMILES string of the molecule is CC(NC1CCCCCC1C#N)c1ccccc1Cl. The quantitative estimate of drug-likeness (QED) is 0.827. The van der Waals surface area contributed by atoms with Crippen molar-refractivity contribution >= 4 is 11.6 Å². The fourth-order valence-electron chi connectivity index (χ4n) is 2.90. The van der Waals surface area contributed by atoms with Gasteiger partial charge in [0.1, 0.15) is 0 Å². The molecule has 0 radical (unpaired) electrons. The Morgan fingerprint density at radius 1 is 1.26 bits per heavy atom. The first-order valence-corrected chi connectivity index (χ1v) is 7.50. The van der Waals surface area contributed by atoms with Gasteiger partial charge in [0.15, 0.2) is 0 Å². The number of rotatable bonds is 3. The number of benzene rings is 1. The highest BCUT2D eigenvalue weighted by Crippen LogP contribution is 2.27. The van der Waals surface area contributed by atoms with E-state index in [0.29, 0.717) is 6.04 Å². The molecule has 19 heavy (non-hydrogen) atoms. The van der Waals surface area contributed by atoms with Gasteiger partial charge in [0, 0.05) is 17.1 Å².